The molecule has 0 saturated carbocycles. The molecule has 0 unspecified atom stereocenters. The number of hydrogen-bond acceptors (Lipinski definition) is 3. The van der Waals surface area contributed by atoms with E-state index < -0.39 is 12.0 Å². The van der Waals surface area contributed by atoms with E-state index in [1.165, 1.54) is 0 Å². The minimum Gasteiger partial charge on any atom is -0.445 e. The van der Waals surface area contributed by atoms with E-state index in [4.69, 9.17) is 10.5 Å². The molecule has 0 aliphatic heterocycles. The van der Waals surface area contributed by atoms with E-state index in [0.717, 1.165) is 12.0 Å². The van der Waals surface area contributed by atoms with Crippen LogP contribution >= 0.6 is 0 Å². The van der Waals surface area contributed by atoms with Gasteiger partial charge in [0.25, 0.3) is 0 Å². The summed E-state index contributed by atoms with van der Waals surface area (Å²) in [6.45, 7) is 4.35. The fraction of sp³-hybridized carbons (Fsp3) is 0.412. The van der Waals surface area contributed by atoms with Gasteiger partial charge in [-0.1, -0.05) is 56.3 Å². The summed E-state index contributed by atoms with van der Waals surface area (Å²) < 4.78 is 5.19. The maximum absolute atomic E-state index is 11.8. The quantitative estimate of drug-likeness (QED) is 0.725. The van der Waals surface area contributed by atoms with Gasteiger partial charge >= 0.3 is 6.09 Å². The molecule has 0 heterocycles. The molecule has 0 bridgehead atoms. The van der Waals surface area contributed by atoms with Crippen LogP contribution in [-0.4, -0.2) is 18.0 Å². The predicted molar refractivity (Wildman–Crippen MR) is 86.0 cm³/mol. The Morgan fingerprint density at radius 1 is 1.27 bits per heavy atom. The Kier molecular flexibility index (Phi) is 7.75. The highest BCUT2D eigenvalue weighted by atomic mass is 16.5. The predicted octanol–water partition coefficient (Wildman–Crippen LogP) is 2.76. The first-order chi connectivity index (χ1) is 10.5. The van der Waals surface area contributed by atoms with E-state index >= 15 is 0 Å². The summed E-state index contributed by atoms with van der Waals surface area (Å²) in [6, 6.07) is 9.31. The zero-order valence-corrected chi connectivity index (χ0v) is 13.1. The van der Waals surface area contributed by atoms with Crippen molar-refractivity contribution < 1.29 is 14.3 Å². The van der Waals surface area contributed by atoms with Crippen LogP contribution in [0.1, 0.15) is 32.3 Å². The van der Waals surface area contributed by atoms with Crippen molar-refractivity contribution in [3.63, 3.8) is 0 Å². The normalized spacial score (nSPS) is 12.3. The van der Waals surface area contributed by atoms with Gasteiger partial charge in [-0.05, 0) is 17.9 Å². The second-order valence-electron chi connectivity index (χ2n) is 5.54. The summed E-state index contributed by atoms with van der Waals surface area (Å²) in [5.74, 6) is 0.00357. The molecule has 1 aromatic carbocycles. The molecule has 22 heavy (non-hydrogen) atoms. The van der Waals surface area contributed by atoms with Crippen molar-refractivity contribution in [3.8, 4) is 0 Å². The number of carbonyl (C=O) groups excluding carboxylic acids is 2. The number of primary amides is 1. The summed E-state index contributed by atoms with van der Waals surface area (Å²) in [4.78, 5) is 22.6. The standard InChI is InChI=1S/C17H24N2O3/c1-13(2)11-15(9-6-10-16(18)20)19-17(21)22-12-14-7-4-3-5-8-14/h3-9,13,15H,10-12H2,1-2H3,(H2,18,20)(H,19,21)/b9-6+/t15-/m1/s1. The Labute approximate surface area is 131 Å². The van der Waals surface area contributed by atoms with Gasteiger partial charge in [0, 0.05) is 6.42 Å². The van der Waals surface area contributed by atoms with Gasteiger partial charge in [0.05, 0.1) is 6.04 Å². The second kappa shape index (κ2) is 9.60. The van der Waals surface area contributed by atoms with Gasteiger partial charge < -0.3 is 15.8 Å². The van der Waals surface area contributed by atoms with Crippen LogP contribution < -0.4 is 11.1 Å². The number of nitrogens with one attached hydrogen (secondary N) is 1. The molecule has 1 atom stereocenters. The molecule has 3 N–H and O–H groups in total. The van der Waals surface area contributed by atoms with E-state index in [-0.39, 0.29) is 19.1 Å². The smallest absolute Gasteiger partial charge is 0.407 e. The van der Waals surface area contributed by atoms with Gasteiger partial charge in [0.15, 0.2) is 0 Å². The summed E-state index contributed by atoms with van der Waals surface area (Å²) in [6.07, 6.45) is 3.91. The fourth-order valence-electron chi connectivity index (χ4n) is 1.96. The first-order valence-corrected chi connectivity index (χ1v) is 7.39. The van der Waals surface area contributed by atoms with Crippen molar-refractivity contribution in [2.24, 2.45) is 11.7 Å². The van der Waals surface area contributed by atoms with Crippen LogP contribution in [0.2, 0.25) is 0 Å². The summed E-state index contributed by atoms with van der Waals surface area (Å²) in [5.41, 5.74) is 6.02. The molecular formula is C17H24N2O3. The summed E-state index contributed by atoms with van der Waals surface area (Å²) in [7, 11) is 0. The number of hydrogen-bond donors (Lipinski definition) is 2. The molecule has 0 spiro atoms. The SMILES string of the molecule is CC(C)C[C@@H](/C=C/CC(N)=O)NC(=O)OCc1ccccc1. The summed E-state index contributed by atoms with van der Waals surface area (Å²) >= 11 is 0. The number of carbonyl (C=O) groups is 2. The van der Waals surface area contributed by atoms with E-state index in [9.17, 15) is 9.59 Å². The van der Waals surface area contributed by atoms with Crippen LogP contribution in [0.15, 0.2) is 42.5 Å². The minimum atomic E-state index is -0.474. The zero-order valence-electron chi connectivity index (χ0n) is 13.1. The van der Waals surface area contributed by atoms with Crippen LogP contribution in [0.5, 0.6) is 0 Å². The van der Waals surface area contributed by atoms with Gasteiger partial charge in [-0.2, -0.15) is 0 Å². The fourth-order valence-corrected chi connectivity index (χ4v) is 1.96. The topological polar surface area (TPSA) is 81.4 Å². The lowest BCUT2D eigenvalue weighted by Crippen LogP contribution is -2.34. The molecule has 0 fully saturated rings. The highest BCUT2D eigenvalue weighted by molar-refractivity contribution is 5.75. The molecule has 1 aromatic rings. The van der Waals surface area contributed by atoms with Crippen LogP contribution in [0.25, 0.3) is 0 Å². The van der Waals surface area contributed by atoms with Crippen LogP contribution in [-0.2, 0) is 16.1 Å². The molecular weight excluding hydrogens is 280 g/mol. The third-order valence-electron chi connectivity index (χ3n) is 2.93. The average molecular weight is 304 g/mol. The molecule has 0 aromatic heterocycles. The van der Waals surface area contributed by atoms with Gasteiger partial charge in [-0.3, -0.25) is 4.79 Å². The lowest BCUT2D eigenvalue weighted by atomic mass is 10.0. The largest absolute Gasteiger partial charge is 0.445 e. The Morgan fingerprint density at radius 3 is 2.55 bits per heavy atom. The first kappa shape index (κ1) is 17.8. The Balaban J connectivity index is 2.47. The molecule has 120 valence electrons. The molecule has 0 aliphatic rings. The molecule has 5 nitrogen and oxygen atoms in total. The summed E-state index contributed by atoms with van der Waals surface area (Å²) in [5, 5.41) is 2.79. The third-order valence-corrected chi connectivity index (χ3v) is 2.93. The number of benzene rings is 1. The van der Waals surface area contributed by atoms with Gasteiger partial charge in [-0.15, -0.1) is 0 Å². The van der Waals surface area contributed by atoms with Crippen molar-refractivity contribution in [3.05, 3.63) is 48.0 Å². The van der Waals surface area contributed by atoms with Crippen LogP contribution in [0.4, 0.5) is 4.79 Å². The monoisotopic (exact) mass is 304 g/mol. The lowest BCUT2D eigenvalue weighted by molar-refractivity contribution is -0.117. The van der Waals surface area contributed by atoms with Crippen molar-refractivity contribution in [2.75, 3.05) is 0 Å². The molecule has 2 amide bonds. The van der Waals surface area contributed by atoms with Crippen molar-refractivity contribution >= 4 is 12.0 Å². The van der Waals surface area contributed by atoms with Crippen molar-refractivity contribution in [1.29, 1.82) is 0 Å². The molecule has 5 heteroatoms. The zero-order chi connectivity index (χ0) is 16.4. The van der Waals surface area contributed by atoms with E-state index in [2.05, 4.69) is 19.2 Å². The Morgan fingerprint density at radius 2 is 1.95 bits per heavy atom. The van der Waals surface area contributed by atoms with Crippen LogP contribution in [0.3, 0.4) is 0 Å². The number of rotatable bonds is 8. The lowest BCUT2D eigenvalue weighted by Gasteiger charge is -2.17. The highest BCUT2D eigenvalue weighted by Crippen LogP contribution is 2.07. The van der Waals surface area contributed by atoms with Gasteiger partial charge in [-0.25, -0.2) is 4.79 Å². The van der Waals surface area contributed by atoms with E-state index in [1.807, 2.05) is 30.3 Å². The molecule has 0 saturated heterocycles. The molecule has 0 aliphatic carbocycles. The minimum absolute atomic E-state index is 0.162. The maximum atomic E-state index is 11.8. The van der Waals surface area contributed by atoms with Gasteiger partial charge in [0.2, 0.25) is 5.91 Å². The maximum Gasteiger partial charge on any atom is 0.407 e. The number of amides is 2. The average Bonchev–Trinajstić information content (AvgIpc) is 2.45. The van der Waals surface area contributed by atoms with Crippen LogP contribution in [0, 0.1) is 5.92 Å². The van der Waals surface area contributed by atoms with E-state index in [1.54, 1.807) is 12.2 Å². The number of alkyl carbamates (subject to hydrolysis) is 1. The number of nitrogens with two attached hydrogens (primary N) is 1. The van der Waals surface area contributed by atoms with Crippen molar-refractivity contribution in [2.45, 2.75) is 39.3 Å². The molecule has 1 rings (SSSR count). The molecule has 0 radical (unpaired) electrons. The highest BCUT2D eigenvalue weighted by Gasteiger charge is 2.12. The van der Waals surface area contributed by atoms with Crippen molar-refractivity contribution in [1.82, 2.24) is 5.32 Å². The van der Waals surface area contributed by atoms with Gasteiger partial charge in [0.1, 0.15) is 6.61 Å². The third kappa shape index (κ3) is 8.09. The first-order valence-electron chi connectivity index (χ1n) is 7.39. The second-order valence-corrected chi connectivity index (χ2v) is 5.54. The number of ether oxygens (including phenoxy) is 1. The van der Waals surface area contributed by atoms with E-state index in [0.29, 0.717) is 5.92 Å². The Hall–Kier alpha value is -2.30. The Bertz CT molecular complexity index is 498.